The minimum absolute atomic E-state index is 0.267. The van der Waals surface area contributed by atoms with Crippen LogP contribution in [-0.4, -0.2) is 16.4 Å². The lowest BCUT2D eigenvalue weighted by atomic mass is 10.2. The van der Waals surface area contributed by atoms with Crippen molar-refractivity contribution in [3.8, 4) is 11.3 Å². The van der Waals surface area contributed by atoms with Gasteiger partial charge in [-0.2, -0.15) is 0 Å². The minimum Gasteiger partial charge on any atom is -0.453 e. The smallest absolute Gasteiger partial charge is 0.185 e. The SMILES string of the molecule is C=S(N)(=O)c1ccc(-c2ccc(C=O)o2)cc1. The molecule has 2 aromatic rings. The molecule has 4 nitrogen and oxygen atoms in total. The lowest BCUT2D eigenvalue weighted by molar-refractivity contribution is 0.110. The summed E-state index contributed by atoms with van der Waals surface area (Å²) >= 11 is 0. The first-order valence-corrected chi connectivity index (χ1v) is 6.60. The van der Waals surface area contributed by atoms with Gasteiger partial charge in [-0.25, -0.2) is 4.21 Å². The third-order valence-corrected chi connectivity index (χ3v) is 3.35. The van der Waals surface area contributed by atoms with Crippen molar-refractivity contribution in [1.82, 2.24) is 0 Å². The highest BCUT2D eigenvalue weighted by Crippen LogP contribution is 2.22. The molecule has 0 fully saturated rings. The molecule has 1 unspecified atom stereocenters. The molecule has 0 aliphatic carbocycles. The topological polar surface area (TPSA) is 73.3 Å². The normalized spacial score (nSPS) is 14.2. The van der Waals surface area contributed by atoms with Crippen LogP contribution in [0.25, 0.3) is 11.3 Å². The fourth-order valence-electron chi connectivity index (χ4n) is 1.42. The minimum atomic E-state index is -2.69. The maximum atomic E-state index is 11.5. The number of rotatable bonds is 3. The summed E-state index contributed by atoms with van der Waals surface area (Å²) in [4.78, 5) is 11.0. The third kappa shape index (κ3) is 2.46. The van der Waals surface area contributed by atoms with E-state index in [2.05, 4.69) is 5.87 Å². The number of hydrogen-bond donors (Lipinski definition) is 1. The average molecular weight is 249 g/mol. The number of aldehydes is 1. The van der Waals surface area contributed by atoms with Gasteiger partial charge in [-0.15, -0.1) is 0 Å². The number of benzene rings is 1. The van der Waals surface area contributed by atoms with E-state index < -0.39 is 9.71 Å². The molecule has 17 heavy (non-hydrogen) atoms. The van der Waals surface area contributed by atoms with E-state index in [-0.39, 0.29) is 5.76 Å². The lowest BCUT2D eigenvalue weighted by Gasteiger charge is -2.03. The molecular weight excluding hydrogens is 238 g/mol. The molecule has 0 spiro atoms. The van der Waals surface area contributed by atoms with Gasteiger partial charge in [0.15, 0.2) is 12.0 Å². The van der Waals surface area contributed by atoms with Crippen molar-refractivity contribution >= 4 is 21.9 Å². The number of carbonyl (C=O) groups is 1. The van der Waals surface area contributed by atoms with Crippen LogP contribution in [0.1, 0.15) is 10.6 Å². The predicted molar refractivity (Wildman–Crippen MR) is 67.2 cm³/mol. The third-order valence-electron chi connectivity index (χ3n) is 2.28. The van der Waals surface area contributed by atoms with Crippen LogP contribution in [0, 0.1) is 0 Å². The van der Waals surface area contributed by atoms with E-state index in [1.807, 2.05) is 0 Å². The zero-order valence-electron chi connectivity index (χ0n) is 8.96. The lowest BCUT2D eigenvalue weighted by Crippen LogP contribution is -2.11. The van der Waals surface area contributed by atoms with E-state index in [1.165, 1.54) is 0 Å². The van der Waals surface area contributed by atoms with Crippen molar-refractivity contribution in [1.29, 1.82) is 0 Å². The van der Waals surface area contributed by atoms with E-state index in [9.17, 15) is 9.00 Å². The van der Waals surface area contributed by atoms with Gasteiger partial charge in [0.1, 0.15) is 5.76 Å². The van der Waals surface area contributed by atoms with Gasteiger partial charge < -0.3 is 4.42 Å². The van der Waals surface area contributed by atoms with Crippen LogP contribution in [-0.2, 0) is 9.71 Å². The molecule has 0 aliphatic heterocycles. The van der Waals surface area contributed by atoms with Crippen LogP contribution in [0.3, 0.4) is 0 Å². The fourth-order valence-corrected chi connectivity index (χ4v) is 2.02. The van der Waals surface area contributed by atoms with Gasteiger partial charge >= 0.3 is 0 Å². The molecule has 88 valence electrons. The van der Waals surface area contributed by atoms with Crippen molar-refractivity contribution in [2.45, 2.75) is 4.90 Å². The summed E-state index contributed by atoms with van der Waals surface area (Å²) in [6, 6.07) is 9.99. The fraction of sp³-hybridized carbons (Fsp3) is 0. The molecule has 0 radical (unpaired) electrons. The van der Waals surface area contributed by atoms with Crippen LogP contribution in [0.5, 0.6) is 0 Å². The van der Waals surface area contributed by atoms with Crippen LogP contribution in [0.2, 0.25) is 0 Å². The van der Waals surface area contributed by atoms with Gasteiger partial charge in [0.25, 0.3) is 0 Å². The Morgan fingerprint density at radius 2 is 1.82 bits per heavy atom. The zero-order chi connectivity index (χ0) is 12.5. The van der Waals surface area contributed by atoms with Gasteiger partial charge in [-0.3, -0.25) is 9.93 Å². The molecule has 0 amide bonds. The monoisotopic (exact) mass is 249 g/mol. The van der Waals surface area contributed by atoms with Crippen LogP contribution in [0.15, 0.2) is 45.7 Å². The standard InChI is InChI=1S/C12H11NO3S/c1-17(13,15)11-5-2-9(3-6-11)12-7-4-10(8-14)16-12/h2-8H,1H2,(H2,13,15). The number of hydrogen-bond acceptors (Lipinski definition) is 3. The summed E-state index contributed by atoms with van der Waals surface area (Å²) < 4.78 is 16.7. The Kier molecular flexibility index (Phi) is 2.87. The summed E-state index contributed by atoms with van der Waals surface area (Å²) in [5, 5.41) is 5.42. The highest BCUT2D eigenvalue weighted by Gasteiger charge is 2.06. The summed E-state index contributed by atoms with van der Waals surface area (Å²) in [7, 11) is -2.69. The summed E-state index contributed by atoms with van der Waals surface area (Å²) in [5.41, 5.74) is 0.783. The van der Waals surface area contributed by atoms with E-state index >= 15 is 0 Å². The van der Waals surface area contributed by atoms with Crippen molar-refractivity contribution in [3.63, 3.8) is 0 Å². The first kappa shape index (κ1) is 11.6. The van der Waals surface area contributed by atoms with Gasteiger partial charge in [0.2, 0.25) is 0 Å². The molecule has 0 aliphatic rings. The molecule has 0 saturated carbocycles. The van der Waals surface area contributed by atoms with Gasteiger partial charge in [0, 0.05) is 10.5 Å². The summed E-state index contributed by atoms with van der Waals surface area (Å²) in [6.45, 7) is 0. The van der Waals surface area contributed by atoms with Gasteiger partial charge in [-0.1, -0.05) is 12.1 Å². The molecule has 0 bridgehead atoms. The summed E-state index contributed by atoms with van der Waals surface area (Å²) in [6.07, 6.45) is 0.639. The Balaban J connectivity index is 2.38. The van der Waals surface area contributed by atoms with Crippen molar-refractivity contribution in [2.24, 2.45) is 5.14 Å². The number of carbonyl (C=O) groups excluding carboxylic acids is 1. The van der Waals surface area contributed by atoms with Crippen molar-refractivity contribution < 1.29 is 13.4 Å². The average Bonchev–Trinajstić information content (AvgIpc) is 2.76. The molecule has 1 heterocycles. The molecule has 1 aromatic carbocycles. The molecule has 1 aromatic heterocycles. The van der Waals surface area contributed by atoms with E-state index in [4.69, 9.17) is 9.56 Å². The van der Waals surface area contributed by atoms with Crippen molar-refractivity contribution in [2.75, 3.05) is 0 Å². The molecular formula is C12H11NO3S. The molecule has 2 N–H and O–H groups in total. The van der Waals surface area contributed by atoms with E-state index in [0.717, 1.165) is 5.56 Å². The van der Waals surface area contributed by atoms with Crippen LogP contribution < -0.4 is 5.14 Å². The molecule has 1 atom stereocenters. The van der Waals surface area contributed by atoms with Crippen LogP contribution in [0.4, 0.5) is 0 Å². The number of nitrogens with two attached hydrogens (primary N) is 1. The Hall–Kier alpha value is -1.85. The maximum Gasteiger partial charge on any atom is 0.185 e. The Labute approximate surface area is 99.2 Å². The van der Waals surface area contributed by atoms with Gasteiger partial charge in [0.05, 0.1) is 9.71 Å². The first-order valence-electron chi connectivity index (χ1n) is 4.81. The van der Waals surface area contributed by atoms with E-state index in [1.54, 1.807) is 36.4 Å². The Bertz CT molecular complexity index is 639. The summed E-state index contributed by atoms with van der Waals surface area (Å²) in [5.74, 6) is 4.24. The molecule has 0 saturated heterocycles. The van der Waals surface area contributed by atoms with Gasteiger partial charge in [-0.05, 0) is 30.1 Å². The molecule has 5 heteroatoms. The second kappa shape index (κ2) is 4.20. The quantitative estimate of drug-likeness (QED) is 0.664. The Morgan fingerprint density at radius 3 is 2.29 bits per heavy atom. The second-order valence-corrected chi connectivity index (χ2v) is 5.49. The van der Waals surface area contributed by atoms with Crippen molar-refractivity contribution in [3.05, 3.63) is 42.2 Å². The Morgan fingerprint density at radius 1 is 1.18 bits per heavy atom. The van der Waals surface area contributed by atoms with E-state index in [0.29, 0.717) is 16.9 Å². The zero-order valence-corrected chi connectivity index (χ0v) is 9.78. The number of furan rings is 1. The maximum absolute atomic E-state index is 11.5. The predicted octanol–water partition coefficient (Wildman–Crippen LogP) is 1.71. The largest absolute Gasteiger partial charge is 0.453 e. The van der Waals surface area contributed by atoms with Crippen LogP contribution >= 0.6 is 0 Å². The highest BCUT2D eigenvalue weighted by molar-refractivity contribution is 7.98. The highest BCUT2D eigenvalue weighted by atomic mass is 32.2. The second-order valence-electron chi connectivity index (χ2n) is 3.57. The first-order chi connectivity index (χ1) is 8.00. The molecule has 2 rings (SSSR count).